The van der Waals surface area contributed by atoms with Gasteiger partial charge in [-0.25, -0.2) is 14.2 Å². The standard InChI is InChI=1S/C17H20N4O4/c22-14(19-16(23)18-13-9-5-2-6-10-13)11-21-15(20-25-17(21)24)12-7-3-1-4-8-12/h1,3-4,7-8,13H,2,5-6,9-11H2,(H2,18,19,22,23). The molecule has 1 aromatic heterocycles. The molecular weight excluding hydrogens is 324 g/mol. The van der Waals surface area contributed by atoms with Gasteiger partial charge in [0.2, 0.25) is 5.91 Å². The maximum atomic E-state index is 12.1. The van der Waals surface area contributed by atoms with Crippen LogP contribution in [0.25, 0.3) is 11.4 Å². The fourth-order valence-electron chi connectivity index (χ4n) is 2.98. The minimum atomic E-state index is -0.748. The van der Waals surface area contributed by atoms with Crippen LogP contribution in [0.2, 0.25) is 0 Å². The number of rotatable bonds is 4. The first-order valence-electron chi connectivity index (χ1n) is 8.36. The van der Waals surface area contributed by atoms with Crippen molar-refractivity contribution in [2.24, 2.45) is 0 Å². The number of hydrogen-bond acceptors (Lipinski definition) is 5. The quantitative estimate of drug-likeness (QED) is 0.877. The minimum Gasteiger partial charge on any atom is -0.335 e. The maximum Gasteiger partial charge on any atom is 0.442 e. The lowest BCUT2D eigenvalue weighted by Crippen LogP contribution is -2.46. The summed E-state index contributed by atoms with van der Waals surface area (Å²) in [6, 6.07) is 8.46. The molecule has 3 rings (SSSR count). The van der Waals surface area contributed by atoms with Gasteiger partial charge < -0.3 is 5.32 Å². The molecule has 0 saturated heterocycles. The number of carbonyl (C=O) groups is 2. The second-order valence-corrected chi connectivity index (χ2v) is 6.08. The smallest absolute Gasteiger partial charge is 0.335 e. The lowest BCUT2D eigenvalue weighted by molar-refractivity contribution is -0.120. The van der Waals surface area contributed by atoms with Crippen LogP contribution < -0.4 is 16.4 Å². The molecule has 0 atom stereocenters. The lowest BCUT2D eigenvalue weighted by atomic mass is 9.96. The Hall–Kier alpha value is -2.90. The van der Waals surface area contributed by atoms with Gasteiger partial charge in [0.1, 0.15) is 6.54 Å². The summed E-state index contributed by atoms with van der Waals surface area (Å²) in [4.78, 5) is 35.8. The zero-order valence-corrected chi connectivity index (χ0v) is 13.7. The Balaban J connectivity index is 1.62. The Morgan fingerprint density at radius 1 is 1.16 bits per heavy atom. The molecule has 1 aromatic carbocycles. The van der Waals surface area contributed by atoms with Gasteiger partial charge in [0.25, 0.3) is 0 Å². The number of aromatic nitrogens is 2. The lowest BCUT2D eigenvalue weighted by Gasteiger charge is -2.22. The molecule has 132 valence electrons. The van der Waals surface area contributed by atoms with Gasteiger partial charge in [-0.3, -0.25) is 14.6 Å². The van der Waals surface area contributed by atoms with Crippen LogP contribution in [-0.4, -0.2) is 27.7 Å². The third kappa shape index (κ3) is 4.34. The van der Waals surface area contributed by atoms with Gasteiger partial charge in [0.15, 0.2) is 5.82 Å². The summed E-state index contributed by atoms with van der Waals surface area (Å²) < 4.78 is 5.75. The number of nitrogens with zero attached hydrogens (tertiary/aromatic N) is 2. The van der Waals surface area contributed by atoms with Crippen LogP contribution in [0.4, 0.5) is 4.79 Å². The summed E-state index contributed by atoms with van der Waals surface area (Å²) in [6.45, 7) is -0.343. The third-order valence-corrected chi connectivity index (χ3v) is 4.21. The number of hydrogen-bond donors (Lipinski definition) is 2. The van der Waals surface area contributed by atoms with Crippen LogP contribution in [0.15, 0.2) is 39.6 Å². The molecule has 0 unspecified atom stereocenters. The van der Waals surface area contributed by atoms with Gasteiger partial charge in [-0.2, -0.15) is 0 Å². The van der Waals surface area contributed by atoms with E-state index in [-0.39, 0.29) is 18.4 Å². The first-order valence-corrected chi connectivity index (χ1v) is 8.36. The Labute approximate surface area is 144 Å². The van der Waals surface area contributed by atoms with E-state index in [4.69, 9.17) is 0 Å². The SMILES string of the molecule is O=C(Cn1c(-c2ccccc2)noc1=O)NC(=O)NC1CCCCC1. The number of imide groups is 1. The van der Waals surface area contributed by atoms with Gasteiger partial charge in [-0.05, 0) is 12.8 Å². The van der Waals surface area contributed by atoms with E-state index < -0.39 is 17.7 Å². The Kier molecular flexibility index (Phi) is 5.27. The first-order chi connectivity index (χ1) is 12.1. The Morgan fingerprint density at radius 3 is 2.60 bits per heavy atom. The third-order valence-electron chi connectivity index (χ3n) is 4.21. The number of amides is 3. The minimum absolute atomic E-state index is 0.0970. The van der Waals surface area contributed by atoms with Crippen LogP contribution in [0.1, 0.15) is 32.1 Å². The summed E-state index contributed by atoms with van der Waals surface area (Å²) in [5.74, 6) is -1.11. The average Bonchev–Trinajstić information content (AvgIpc) is 2.97. The molecule has 0 bridgehead atoms. The summed E-state index contributed by atoms with van der Waals surface area (Å²) in [7, 11) is 0. The molecule has 1 aliphatic carbocycles. The topological polar surface area (TPSA) is 106 Å². The molecule has 1 aliphatic rings. The van der Waals surface area contributed by atoms with Crippen molar-refractivity contribution in [2.45, 2.75) is 44.7 Å². The molecule has 0 aliphatic heterocycles. The van der Waals surface area contributed by atoms with E-state index in [9.17, 15) is 14.4 Å². The van der Waals surface area contributed by atoms with E-state index in [0.717, 1.165) is 30.3 Å². The summed E-state index contributed by atoms with van der Waals surface area (Å²) in [5.41, 5.74) is 0.646. The fourth-order valence-corrected chi connectivity index (χ4v) is 2.98. The predicted octanol–water partition coefficient (Wildman–Crippen LogP) is 1.66. The van der Waals surface area contributed by atoms with Gasteiger partial charge >= 0.3 is 11.8 Å². The van der Waals surface area contributed by atoms with Crippen LogP contribution in [-0.2, 0) is 11.3 Å². The first kappa shape index (κ1) is 16.9. The highest BCUT2D eigenvalue weighted by molar-refractivity contribution is 5.94. The second-order valence-electron chi connectivity index (χ2n) is 6.08. The van der Waals surface area contributed by atoms with Crippen molar-refractivity contribution in [3.05, 3.63) is 40.9 Å². The normalized spacial score (nSPS) is 14.9. The molecular formula is C17H20N4O4. The van der Waals surface area contributed by atoms with Gasteiger partial charge in [0, 0.05) is 11.6 Å². The van der Waals surface area contributed by atoms with Crippen molar-refractivity contribution in [2.75, 3.05) is 0 Å². The number of nitrogens with one attached hydrogen (secondary N) is 2. The maximum absolute atomic E-state index is 12.1. The van der Waals surface area contributed by atoms with Crippen molar-refractivity contribution >= 4 is 11.9 Å². The van der Waals surface area contributed by atoms with Gasteiger partial charge in [-0.15, -0.1) is 0 Å². The molecule has 1 fully saturated rings. The zero-order chi connectivity index (χ0) is 17.6. The van der Waals surface area contributed by atoms with Gasteiger partial charge in [-0.1, -0.05) is 54.8 Å². The van der Waals surface area contributed by atoms with Gasteiger partial charge in [0.05, 0.1) is 0 Å². The molecule has 3 amide bonds. The Bertz CT molecular complexity index is 790. The molecule has 1 heterocycles. The largest absolute Gasteiger partial charge is 0.442 e. The Morgan fingerprint density at radius 2 is 1.88 bits per heavy atom. The highest BCUT2D eigenvalue weighted by Crippen LogP contribution is 2.17. The predicted molar refractivity (Wildman–Crippen MR) is 89.7 cm³/mol. The van der Waals surface area contributed by atoms with E-state index in [2.05, 4.69) is 20.3 Å². The zero-order valence-electron chi connectivity index (χ0n) is 13.7. The molecule has 0 spiro atoms. The van der Waals surface area contributed by atoms with Crippen molar-refractivity contribution in [1.82, 2.24) is 20.4 Å². The van der Waals surface area contributed by atoms with E-state index in [1.807, 2.05) is 6.07 Å². The number of benzene rings is 1. The molecule has 8 nitrogen and oxygen atoms in total. The van der Waals surface area contributed by atoms with Crippen molar-refractivity contribution in [3.8, 4) is 11.4 Å². The molecule has 0 radical (unpaired) electrons. The summed E-state index contributed by atoms with van der Waals surface area (Å²) in [6.07, 6.45) is 5.18. The number of urea groups is 1. The molecule has 1 saturated carbocycles. The highest BCUT2D eigenvalue weighted by atomic mass is 16.5. The van der Waals surface area contributed by atoms with Crippen molar-refractivity contribution in [1.29, 1.82) is 0 Å². The molecule has 25 heavy (non-hydrogen) atoms. The van der Waals surface area contributed by atoms with Crippen molar-refractivity contribution < 1.29 is 14.1 Å². The van der Waals surface area contributed by atoms with E-state index >= 15 is 0 Å². The summed E-state index contributed by atoms with van der Waals surface area (Å²) >= 11 is 0. The van der Waals surface area contributed by atoms with Crippen LogP contribution in [0.3, 0.4) is 0 Å². The average molecular weight is 344 g/mol. The molecule has 8 heteroatoms. The fraction of sp³-hybridized carbons (Fsp3) is 0.412. The van der Waals surface area contributed by atoms with Crippen molar-refractivity contribution in [3.63, 3.8) is 0 Å². The van der Waals surface area contributed by atoms with E-state index in [0.29, 0.717) is 5.56 Å². The monoisotopic (exact) mass is 344 g/mol. The van der Waals surface area contributed by atoms with Crippen LogP contribution >= 0.6 is 0 Å². The second kappa shape index (κ2) is 7.78. The molecule has 2 aromatic rings. The highest BCUT2D eigenvalue weighted by Gasteiger charge is 2.19. The van der Waals surface area contributed by atoms with Crippen LogP contribution in [0, 0.1) is 0 Å². The molecule has 2 N–H and O–H groups in total. The number of carbonyl (C=O) groups excluding carboxylic acids is 2. The van der Waals surface area contributed by atoms with E-state index in [1.165, 1.54) is 6.42 Å². The van der Waals surface area contributed by atoms with Crippen LogP contribution in [0.5, 0.6) is 0 Å². The van der Waals surface area contributed by atoms with E-state index in [1.54, 1.807) is 24.3 Å². The summed E-state index contributed by atoms with van der Waals surface area (Å²) in [5, 5.41) is 8.75.